The second-order valence-electron chi connectivity index (χ2n) is 5.91. The summed E-state index contributed by atoms with van der Waals surface area (Å²) in [6.45, 7) is 0.332. The van der Waals surface area contributed by atoms with E-state index in [0.717, 1.165) is 11.1 Å². The van der Waals surface area contributed by atoms with E-state index >= 15 is 0 Å². The van der Waals surface area contributed by atoms with Crippen molar-refractivity contribution in [2.75, 3.05) is 0 Å². The molecule has 0 aliphatic rings. The zero-order valence-electron chi connectivity index (χ0n) is 15.0. The Bertz CT molecular complexity index is 1050. The molecule has 1 amide bonds. The smallest absolute Gasteiger partial charge is 0.274 e. The van der Waals surface area contributed by atoms with Crippen molar-refractivity contribution >= 4 is 27.5 Å². The number of nitrogens with zero attached hydrogens (tertiary/aromatic N) is 4. The number of ether oxygens (including phenoxy) is 1. The second-order valence-corrected chi connectivity index (χ2v) is 6.73. The van der Waals surface area contributed by atoms with Crippen molar-refractivity contribution in [1.82, 2.24) is 10.3 Å². The maximum absolute atomic E-state index is 13.0. The highest BCUT2D eigenvalue weighted by atomic mass is 79.9. The minimum atomic E-state index is -0.520. The van der Waals surface area contributed by atoms with Crippen LogP contribution in [-0.2, 0) is 13.2 Å². The van der Waals surface area contributed by atoms with Gasteiger partial charge in [-0.2, -0.15) is 0 Å². The predicted molar refractivity (Wildman–Crippen MR) is 109 cm³/mol. The minimum Gasteiger partial charge on any atom is -0.486 e. The van der Waals surface area contributed by atoms with Crippen LogP contribution in [0.25, 0.3) is 10.4 Å². The number of rotatable bonds is 7. The number of hydrogen-bond donors (Lipinski definition) is 1. The van der Waals surface area contributed by atoms with E-state index in [1.54, 1.807) is 12.1 Å². The number of hydrogen-bond acceptors (Lipinski definition) is 4. The Labute approximate surface area is 174 Å². The van der Waals surface area contributed by atoms with Gasteiger partial charge in [0.05, 0.1) is 5.69 Å². The third kappa shape index (κ3) is 5.54. The fourth-order valence-corrected chi connectivity index (χ4v) is 2.90. The van der Waals surface area contributed by atoms with Crippen LogP contribution in [0.1, 0.15) is 21.6 Å². The number of pyridine rings is 1. The number of nitrogens with one attached hydrogen (secondary N) is 1. The van der Waals surface area contributed by atoms with Crippen LogP contribution in [0, 0.1) is 5.82 Å². The molecular formula is C20H15BrFN5O2. The quantitative estimate of drug-likeness (QED) is 0.222. The van der Waals surface area contributed by atoms with Crippen molar-refractivity contribution < 1.29 is 13.9 Å². The number of azide groups is 1. The van der Waals surface area contributed by atoms with Gasteiger partial charge in [-0.25, -0.2) is 9.37 Å². The zero-order chi connectivity index (χ0) is 20.6. The summed E-state index contributed by atoms with van der Waals surface area (Å²) in [4.78, 5) is 19.7. The fourth-order valence-electron chi connectivity index (χ4n) is 2.51. The molecule has 0 atom stereocenters. The first-order valence-electron chi connectivity index (χ1n) is 8.52. The van der Waals surface area contributed by atoms with Crippen LogP contribution in [-0.4, -0.2) is 10.9 Å². The maximum Gasteiger partial charge on any atom is 0.274 e. The molecule has 0 fully saturated rings. The molecule has 0 radical (unpaired) electrons. The van der Waals surface area contributed by atoms with Gasteiger partial charge in [0.15, 0.2) is 11.4 Å². The third-order valence-electron chi connectivity index (χ3n) is 3.88. The van der Waals surface area contributed by atoms with E-state index in [-0.39, 0.29) is 36.1 Å². The minimum absolute atomic E-state index is 0.0279. The Kier molecular flexibility index (Phi) is 6.78. The third-order valence-corrected chi connectivity index (χ3v) is 4.29. The van der Waals surface area contributed by atoms with Gasteiger partial charge in [0, 0.05) is 11.5 Å². The summed E-state index contributed by atoms with van der Waals surface area (Å²) in [7, 11) is 0. The van der Waals surface area contributed by atoms with Crippen molar-refractivity contribution in [2.45, 2.75) is 13.2 Å². The second kappa shape index (κ2) is 9.68. The monoisotopic (exact) mass is 455 g/mol. The molecule has 0 bridgehead atoms. The van der Waals surface area contributed by atoms with E-state index in [1.807, 2.05) is 30.3 Å². The first kappa shape index (κ1) is 20.3. The number of halogens is 2. The first-order valence-corrected chi connectivity index (χ1v) is 9.31. The molecule has 0 spiro atoms. The molecule has 7 nitrogen and oxygen atoms in total. The highest BCUT2D eigenvalue weighted by molar-refractivity contribution is 9.10. The van der Waals surface area contributed by atoms with E-state index < -0.39 is 5.91 Å². The average Bonchev–Trinajstić information content (AvgIpc) is 2.73. The highest BCUT2D eigenvalue weighted by Crippen LogP contribution is 2.34. The summed E-state index contributed by atoms with van der Waals surface area (Å²) in [6.07, 6.45) is 0. The van der Waals surface area contributed by atoms with Crippen molar-refractivity contribution in [3.63, 3.8) is 0 Å². The summed E-state index contributed by atoms with van der Waals surface area (Å²) in [5, 5.41) is 6.33. The van der Waals surface area contributed by atoms with E-state index in [4.69, 9.17) is 10.3 Å². The van der Waals surface area contributed by atoms with Gasteiger partial charge in [0.1, 0.15) is 17.0 Å². The highest BCUT2D eigenvalue weighted by Gasteiger charge is 2.20. The van der Waals surface area contributed by atoms with Crippen LogP contribution in [0.5, 0.6) is 5.75 Å². The molecule has 1 heterocycles. The lowest BCUT2D eigenvalue weighted by Gasteiger charge is -2.14. The molecule has 3 aromatic rings. The van der Waals surface area contributed by atoms with Gasteiger partial charge in [-0.1, -0.05) is 47.6 Å². The van der Waals surface area contributed by atoms with E-state index in [2.05, 4.69) is 36.3 Å². The molecule has 0 unspecified atom stereocenters. The first-order chi connectivity index (χ1) is 14.1. The number of amides is 1. The van der Waals surface area contributed by atoms with Gasteiger partial charge in [0.2, 0.25) is 0 Å². The summed E-state index contributed by atoms with van der Waals surface area (Å²) in [5.74, 6) is -0.802. The van der Waals surface area contributed by atoms with Crippen LogP contribution in [0.2, 0.25) is 0 Å². The van der Waals surface area contributed by atoms with Crippen LogP contribution in [0.4, 0.5) is 10.1 Å². The standard InChI is InChI=1S/C20H15BrFN5O2/c21-17-10-16(26-27-23)19(29-12-14-4-2-1-3-5-14)18(25-17)20(28)24-11-13-6-8-15(22)9-7-13/h1-10H,11-12H2,(H,24,28). The molecule has 0 saturated carbocycles. The summed E-state index contributed by atoms with van der Waals surface area (Å²) >= 11 is 3.21. The molecule has 1 N–H and O–H groups in total. The molecule has 146 valence electrons. The zero-order valence-corrected chi connectivity index (χ0v) is 16.6. The molecule has 9 heteroatoms. The number of benzene rings is 2. The lowest BCUT2D eigenvalue weighted by Crippen LogP contribution is -2.24. The summed E-state index contributed by atoms with van der Waals surface area (Å²) in [6, 6.07) is 16.6. The Balaban J connectivity index is 1.85. The molecule has 0 saturated heterocycles. The molecule has 3 rings (SSSR count). The van der Waals surface area contributed by atoms with E-state index in [1.165, 1.54) is 18.2 Å². The Hall–Kier alpha value is -3.42. The Morgan fingerprint density at radius 3 is 2.59 bits per heavy atom. The van der Waals surface area contributed by atoms with Gasteiger partial charge in [-0.05, 0) is 50.8 Å². The van der Waals surface area contributed by atoms with Gasteiger partial charge >= 0.3 is 0 Å². The van der Waals surface area contributed by atoms with Crippen molar-refractivity contribution in [1.29, 1.82) is 0 Å². The Morgan fingerprint density at radius 2 is 1.90 bits per heavy atom. The normalized spacial score (nSPS) is 10.1. The van der Waals surface area contributed by atoms with E-state index in [0.29, 0.717) is 4.60 Å². The summed E-state index contributed by atoms with van der Waals surface area (Å²) < 4.78 is 19.1. The molecule has 0 aliphatic carbocycles. The maximum atomic E-state index is 13.0. The van der Waals surface area contributed by atoms with Gasteiger partial charge in [-0.3, -0.25) is 4.79 Å². The predicted octanol–water partition coefficient (Wildman–Crippen LogP) is 5.43. The molecule has 0 aliphatic heterocycles. The van der Waals surface area contributed by atoms with Gasteiger partial charge in [-0.15, -0.1) is 0 Å². The number of carbonyl (C=O) groups excluding carboxylic acids is 1. The van der Waals surface area contributed by atoms with E-state index in [9.17, 15) is 9.18 Å². The lowest BCUT2D eigenvalue weighted by molar-refractivity contribution is 0.0940. The SMILES string of the molecule is [N-]=[N+]=Nc1cc(Br)nc(C(=O)NCc2ccc(F)cc2)c1OCc1ccccc1. The van der Waals surface area contributed by atoms with Crippen molar-refractivity contribution in [2.24, 2.45) is 5.11 Å². The Morgan fingerprint density at radius 1 is 1.17 bits per heavy atom. The number of aromatic nitrogens is 1. The molecule has 2 aromatic carbocycles. The topological polar surface area (TPSA) is 100.0 Å². The molecule has 1 aromatic heterocycles. The largest absolute Gasteiger partial charge is 0.486 e. The van der Waals surface area contributed by atoms with Crippen molar-refractivity contribution in [3.05, 3.63) is 98.3 Å². The number of carbonyl (C=O) groups is 1. The van der Waals surface area contributed by atoms with Gasteiger partial charge in [0.25, 0.3) is 5.91 Å². The van der Waals surface area contributed by atoms with Crippen LogP contribution >= 0.6 is 15.9 Å². The average molecular weight is 456 g/mol. The van der Waals surface area contributed by atoms with Crippen LogP contribution < -0.4 is 10.1 Å². The lowest BCUT2D eigenvalue weighted by atomic mass is 10.2. The summed E-state index contributed by atoms with van der Waals surface area (Å²) in [5.41, 5.74) is 10.6. The van der Waals surface area contributed by atoms with Crippen LogP contribution in [0.15, 0.2) is 70.4 Å². The molecule has 29 heavy (non-hydrogen) atoms. The fraction of sp³-hybridized carbons (Fsp3) is 0.100. The molecular weight excluding hydrogens is 441 g/mol. The van der Waals surface area contributed by atoms with Gasteiger partial charge < -0.3 is 10.1 Å². The van der Waals surface area contributed by atoms with Crippen molar-refractivity contribution in [3.8, 4) is 5.75 Å². The van der Waals surface area contributed by atoms with Crippen LogP contribution in [0.3, 0.4) is 0 Å².